The summed E-state index contributed by atoms with van der Waals surface area (Å²) in [5.74, 6) is -0.0294. The van der Waals surface area contributed by atoms with Gasteiger partial charge < -0.3 is 9.64 Å². The van der Waals surface area contributed by atoms with Crippen LogP contribution in [0.1, 0.15) is 27.9 Å². The number of pyridine rings is 1. The van der Waals surface area contributed by atoms with Crippen LogP contribution in [0.4, 0.5) is 0 Å². The van der Waals surface area contributed by atoms with Gasteiger partial charge in [-0.05, 0) is 54.8 Å². The van der Waals surface area contributed by atoms with Crippen LogP contribution in [-0.2, 0) is 11.2 Å². The Morgan fingerprint density at radius 2 is 2.04 bits per heavy atom. The second kappa shape index (κ2) is 8.41. The number of rotatable bonds is 6. The Morgan fingerprint density at radius 3 is 2.69 bits per heavy atom. The molecule has 1 aromatic heterocycles. The van der Waals surface area contributed by atoms with Gasteiger partial charge in [0.1, 0.15) is 0 Å². The summed E-state index contributed by atoms with van der Waals surface area (Å²) in [5.41, 5.74) is 2.26. The minimum atomic E-state index is -0.0412. The second-order valence-corrected chi connectivity index (χ2v) is 6.26. The zero-order valence-corrected chi connectivity index (χ0v) is 14.5. The molecule has 0 saturated carbocycles. The van der Waals surface area contributed by atoms with Gasteiger partial charge in [0.25, 0.3) is 5.91 Å². The molecule has 26 heavy (non-hydrogen) atoms. The summed E-state index contributed by atoms with van der Waals surface area (Å²) >= 11 is 0. The molecular weight excluding hydrogens is 326 g/mol. The van der Waals surface area contributed by atoms with Crippen molar-refractivity contribution in [2.75, 3.05) is 13.2 Å². The number of nitrogens with zero attached hydrogens (tertiary/aromatic N) is 3. The van der Waals surface area contributed by atoms with Crippen LogP contribution in [0.2, 0.25) is 0 Å². The maximum Gasteiger partial charge on any atom is 0.254 e. The minimum absolute atomic E-state index is 0.0245. The van der Waals surface area contributed by atoms with Gasteiger partial charge in [0.05, 0.1) is 30.4 Å². The van der Waals surface area contributed by atoms with Gasteiger partial charge in [0.2, 0.25) is 0 Å². The largest absolute Gasteiger partial charge is 0.372 e. The lowest BCUT2D eigenvalue weighted by atomic mass is 10.0. The van der Waals surface area contributed by atoms with Gasteiger partial charge in [-0.1, -0.05) is 6.08 Å². The van der Waals surface area contributed by atoms with Crippen molar-refractivity contribution < 1.29 is 9.53 Å². The van der Waals surface area contributed by atoms with Crippen molar-refractivity contribution in [1.82, 2.24) is 9.88 Å². The molecule has 2 heterocycles. The van der Waals surface area contributed by atoms with Crippen LogP contribution in [0.15, 0.2) is 61.4 Å². The topological polar surface area (TPSA) is 66.2 Å². The third-order valence-electron chi connectivity index (χ3n) is 4.63. The molecule has 5 heteroatoms. The van der Waals surface area contributed by atoms with Gasteiger partial charge in [-0.2, -0.15) is 5.26 Å². The van der Waals surface area contributed by atoms with E-state index in [2.05, 4.69) is 17.6 Å². The van der Waals surface area contributed by atoms with Crippen molar-refractivity contribution >= 4 is 5.91 Å². The molecule has 1 aromatic carbocycles. The average molecular weight is 347 g/mol. The summed E-state index contributed by atoms with van der Waals surface area (Å²) in [5, 5.41) is 8.93. The predicted molar refractivity (Wildman–Crippen MR) is 98.5 cm³/mol. The predicted octanol–water partition coefficient (Wildman–Crippen LogP) is 2.98. The first-order valence-corrected chi connectivity index (χ1v) is 8.65. The third-order valence-corrected chi connectivity index (χ3v) is 4.63. The fraction of sp³-hybridized carbons (Fsp3) is 0.286. The number of aromatic nitrogens is 1. The molecule has 3 rings (SSSR count). The van der Waals surface area contributed by atoms with Crippen LogP contribution in [0.5, 0.6) is 0 Å². The highest BCUT2D eigenvalue weighted by molar-refractivity contribution is 5.94. The highest BCUT2D eigenvalue weighted by atomic mass is 16.5. The lowest BCUT2D eigenvalue weighted by Gasteiger charge is -2.28. The molecule has 0 unspecified atom stereocenters. The first-order valence-electron chi connectivity index (χ1n) is 8.65. The number of hydrogen-bond acceptors (Lipinski definition) is 4. The van der Waals surface area contributed by atoms with E-state index in [0.29, 0.717) is 30.7 Å². The van der Waals surface area contributed by atoms with Crippen LogP contribution in [0.25, 0.3) is 0 Å². The van der Waals surface area contributed by atoms with Gasteiger partial charge in [0, 0.05) is 24.5 Å². The molecule has 132 valence electrons. The van der Waals surface area contributed by atoms with Crippen molar-refractivity contribution in [3.8, 4) is 6.07 Å². The van der Waals surface area contributed by atoms with E-state index in [1.54, 1.807) is 42.7 Å². The summed E-state index contributed by atoms with van der Waals surface area (Å²) < 4.78 is 5.92. The molecule has 1 amide bonds. The van der Waals surface area contributed by atoms with E-state index in [1.807, 2.05) is 17.0 Å². The van der Waals surface area contributed by atoms with E-state index >= 15 is 0 Å². The van der Waals surface area contributed by atoms with Crippen LogP contribution >= 0.6 is 0 Å². The van der Waals surface area contributed by atoms with Crippen molar-refractivity contribution in [1.29, 1.82) is 5.26 Å². The summed E-state index contributed by atoms with van der Waals surface area (Å²) in [4.78, 5) is 19.0. The van der Waals surface area contributed by atoms with E-state index in [1.165, 1.54) is 0 Å². The van der Waals surface area contributed by atoms with Gasteiger partial charge in [-0.25, -0.2) is 0 Å². The number of benzene rings is 1. The van der Waals surface area contributed by atoms with Crippen molar-refractivity contribution in [2.24, 2.45) is 0 Å². The molecule has 1 saturated heterocycles. The summed E-state index contributed by atoms with van der Waals surface area (Å²) in [6.07, 6.45) is 6.74. The van der Waals surface area contributed by atoms with E-state index in [0.717, 1.165) is 12.0 Å². The Hall–Kier alpha value is -2.97. The zero-order valence-electron chi connectivity index (χ0n) is 14.5. The number of nitriles is 1. The molecule has 1 aliphatic heterocycles. The maximum atomic E-state index is 13.0. The first-order chi connectivity index (χ1) is 12.7. The summed E-state index contributed by atoms with van der Waals surface area (Å²) in [6.45, 7) is 4.83. The number of likely N-dealkylation sites (tertiary alicyclic amines) is 1. The highest BCUT2D eigenvalue weighted by Crippen LogP contribution is 2.26. The number of ether oxygens (including phenoxy) is 1. The Labute approximate surface area is 153 Å². The first kappa shape index (κ1) is 17.8. The number of carbonyl (C=O) groups excluding carboxylic acids is 1. The van der Waals surface area contributed by atoms with E-state index in [4.69, 9.17) is 10.00 Å². The minimum Gasteiger partial charge on any atom is -0.372 e. The van der Waals surface area contributed by atoms with Crippen LogP contribution < -0.4 is 0 Å². The van der Waals surface area contributed by atoms with Crippen LogP contribution in [0.3, 0.4) is 0 Å². The lowest BCUT2D eigenvalue weighted by molar-refractivity contribution is 0.0380. The van der Waals surface area contributed by atoms with E-state index < -0.39 is 0 Å². The molecule has 1 fully saturated rings. The molecular formula is C21H21N3O2. The lowest BCUT2D eigenvalue weighted by Crippen LogP contribution is -2.42. The van der Waals surface area contributed by atoms with Gasteiger partial charge in [0.15, 0.2) is 0 Å². The molecule has 2 aromatic rings. The number of hydrogen-bond donors (Lipinski definition) is 0. The fourth-order valence-corrected chi connectivity index (χ4v) is 3.32. The Morgan fingerprint density at radius 1 is 1.31 bits per heavy atom. The summed E-state index contributed by atoms with van der Waals surface area (Å²) in [6, 6.07) is 12.7. The molecule has 0 N–H and O–H groups in total. The standard InChI is InChI=1S/C21H21N3O2/c1-2-13-26-20-9-12-24(19(20)14-16-7-10-23-11-8-16)21(25)18-5-3-17(15-22)4-6-18/h2-8,10-11,19-20H,1,9,12-14H2/t19-,20-/m0/s1. The quantitative estimate of drug-likeness (QED) is 0.754. The van der Waals surface area contributed by atoms with Gasteiger partial charge in [-0.15, -0.1) is 6.58 Å². The molecule has 5 nitrogen and oxygen atoms in total. The Balaban J connectivity index is 1.81. The van der Waals surface area contributed by atoms with Gasteiger partial charge >= 0.3 is 0 Å². The maximum absolute atomic E-state index is 13.0. The molecule has 0 radical (unpaired) electrons. The fourth-order valence-electron chi connectivity index (χ4n) is 3.32. The SMILES string of the molecule is C=CCO[C@H]1CCN(C(=O)c2ccc(C#N)cc2)[C@H]1Cc1ccncc1. The van der Waals surface area contributed by atoms with Crippen LogP contribution in [-0.4, -0.2) is 41.1 Å². The Kier molecular flexibility index (Phi) is 5.77. The molecule has 0 bridgehead atoms. The molecule has 0 aliphatic carbocycles. The third kappa shape index (κ3) is 3.98. The molecule has 0 spiro atoms. The second-order valence-electron chi connectivity index (χ2n) is 6.26. The van der Waals surface area contributed by atoms with Gasteiger partial charge in [-0.3, -0.25) is 9.78 Å². The van der Waals surface area contributed by atoms with Crippen molar-refractivity contribution in [3.05, 3.63) is 78.1 Å². The smallest absolute Gasteiger partial charge is 0.254 e. The Bertz CT molecular complexity index is 796. The highest BCUT2D eigenvalue weighted by Gasteiger charge is 2.37. The van der Waals surface area contributed by atoms with Crippen molar-refractivity contribution in [2.45, 2.75) is 25.0 Å². The normalized spacial score (nSPS) is 19.1. The monoisotopic (exact) mass is 347 g/mol. The number of amides is 1. The van der Waals surface area contributed by atoms with Crippen molar-refractivity contribution in [3.63, 3.8) is 0 Å². The zero-order chi connectivity index (χ0) is 18.4. The molecule has 2 atom stereocenters. The van der Waals surface area contributed by atoms with Crippen LogP contribution in [0, 0.1) is 11.3 Å². The average Bonchev–Trinajstić information content (AvgIpc) is 3.09. The number of carbonyl (C=O) groups is 1. The van der Waals surface area contributed by atoms with E-state index in [9.17, 15) is 4.79 Å². The van der Waals surface area contributed by atoms with E-state index in [-0.39, 0.29) is 18.1 Å². The summed E-state index contributed by atoms with van der Waals surface area (Å²) in [7, 11) is 0. The molecule has 1 aliphatic rings.